The standard InChI is InChI=1S/C26H18ClN3O4/c27-19-8-10-20(11-9-19)30-24(31)22(28-26(30)34)13-18-15-29(23-7-2-1-6-21(18)23)14-16-4-3-5-17(12-16)25(32)33/h1-13,15H,14H2,(H,28,34)(H,32,33)/b22-13+. The fraction of sp³-hybridized carbons (Fsp3) is 0.0385. The third-order valence-electron chi connectivity index (χ3n) is 5.61. The first kappa shape index (κ1) is 21.5. The van der Waals surface area contributed by atoms with Crippen molar-refractivity contribution in [1.29, 1.82) is 0 Å². The number of hydrogen-bond acceptors (Lipinski definition) is 3. The molecule has 0 spiro atoms. The number of urea groups is 1. The van der Waals surface area contributed by atoms with Gasteiger partial charge in [0.15, 0.2) is 0 Å². The van der Waals surface area contributed by atoms with Gasteiger partial charge in [0, 0.05) is 34.2 Å². The Balaban J connectivity index is 1.51. The van der Waals surface area contributed by atoms with E-state index >= 15 is 0 Å². The largest absolute Gasteiger partial charge is 0.478 e. The summed E-state index contributed by atoms with van der Waals surface area (Å²) in [6.45, 7) is 0.446. The van der Waals surface area contributed by atoms with E-state index in [1.165, 1.54) is 0 Å². The number of amides is 3. The Morgan fingerprint density at radius 1 is 1.00 bits per heavy atom. The molecular formula is C26H18ClN3O4. The van der Waals surface area contributed by atoms with Crippen LogP contribution in [0.25, 0.3) is 17.0 Å². The number of benzene rings is 3. The Morgan fingerprint density at radius 2 is 1.76 bits per heavy atom. The normalized spacial score (nSPS) is 14.7. The number of hydrogen-bond donors (Lipinski definition) is 2. The highest BCUT2D eigenvalue weighted by atomic mass is 35.5. The van der Waals surface area contributed by atoms with Gasteiger partial charge in [-0.25, -0.2) is 14.5 Å². The summed E-state index contributed by atoms with van der Waals surface area (Å²) in [4.78, 5) is 37.9. The first-order valence-electron chi connectivity index (χ1n) is 10.4. The topological polar surface area (TPSA) is 91.6 Å². The molecule has 0 unspecified atom stereocenters. The van der Waals surface area contributed by atoms with Crippen molar-refractivity contribution in [1.82, 2.24) is 9.88 Å². The van der Waals surface area contributed by atoms with Crippen molar-refractivity contribution in [3.63, 3.8) is 0 Å². The lowest BCUT2D eigenvalue weighted by molar-refractivity contribution is -0.113. The van der Waals surface area contributed by atoms with E-state index in [4.69, 9.17) is 11.6 Å². The van der Waals surface area contributed by atoms with Gasteiger partial charge in [0.05, 0.1) is 11.3 Å². The summed E-state index contributed by atoms with van der Waals surface area (Å²) in [5.41, 5.74) is 3.32. The van der Waals surface area contributed by atoms with E-state index in [2.05, 4.69) is 5.32 Å². The molecule has 0 saturated carbocycles. The molecular weight excluding hydrogens is 454 g/mol. The van der Waals surface area contributed by atoms with E-state index in [0.717, 1.165) is 26.9 Å². The lowest BCUT2D eigenvalue weighted by Crippen LogP contribution is -2.30. The van der Waals surface area contributed by atoms with Crippen molar-refractivity contribution >= 4 is 52.2 Å². The monoisotopic (exact) mass is 471 g/mol. The molecule has 0 atom stereocenters. The Labute approximate surface area is 199 Å². The first-order valence-corrected chi connectivity index (χ1v) is 10.8. The minimum absolute atomic E-state index is 0.163. The molecule has 1 saturated heterocycles. The number of carbonyl (C=O) groups excluding carboxylic acids is 2. The van der Waals surface area contributed by atoms with E-state index in [-0.39, 0.29) is 11.3 Å². The SMILES string of the molecule is O=C(O)c1cccc(Cn2cc(/C=C3/NC(=O)N(c4ccc(Cl)cc4)C3=O)c3ccccc32)c1. The molecule has 5 rings (SSSR count). The van der Waals surface area contributed by atoms with E-state index in [0.29, 0.717) is 17.3 Å². The molecule has 7 nitrogen and oxygen atoms in total. The predicted molar refractivity (Wildman–Crippen MR) is 130 cm³/mol. The number of carbonyl (C=O) groups is 3. The summed E-state index contributed by atoms with van der Waals surface area (Å²) in [5, 5.41) is 13.3. The lowest BCUT2D eigenvalue weighted by Gasteiger charge is -2.11. The Morgan fingerprint density at radius 3 is 2.53 bits per heavy atom. The summed E-state index contributed by atoms with van der Waals surface area (Å²) in [5.74, 6) is -1.44. The molecule has 0 radical (unpaired) electrons. The van der Waals surface area contributed by atoms with Crippen LogP contribution in [0.4, 0.5) is 10.5 Å². The molecule has 1 aliphatic heterocycles. The van der Waals surface area contributed by atoms with Crippen LogP contribution < -0.4 is 10.2 Å². The zero-order valence-corrected chi connectivity index (χ0v) is 18.5. The van der Waals surface area contributed by atoms with Crippen LogP contribution in [0.5, 0.6) is 0 Å². The van der Waals surface area contributed by atoms with Gasteiger partial charge in [-0.2, -0.15) is 0 Å². The highest BCUT2D eigenvalue weighted by Crippen LogP contribution is 2.28. The van der Waals surface area contributed by atoms with Crippen LogP contribution in [0.1, 0.15) is 21.5 Å². The van der Waals surface area contributed by atoms with Crippen LogP contribution in [0, 0.1) is 0 Å². The van der Waals surface area contributed by atoms with Gasteiger partial charge < -0.3 is 15.0 Å². The van der Waals surface area contributed by atoms with Gasteiger partial charge in [0.25, 0.3) is 5.91 Å². The molecule has 1 aliphatic rings. The number of halogens is 1. The quantitative estimate of drug-likeness (QED) is 0.311. The molecule has 1 aromatic heterocycles. The Bertz CT molecular complexity index is 1490. The molecule has 2 N–H and O–H groups in total. The number of carboxylic acid groups (broad SMARTS) is 1. The molecule has 2 heterocycles. The number of imide groups is 1. The average Bonchev–Trinajstić information content (AvgIpc) is 3.31. The number of anilines is 1. The summed E-state index contributed by atoms with van der Waals surface area (Å²) < 4.78 is 1.99. The molecule has 34 heavy (non-hydrogen) atoms. The van der Waals surface area contributed by atoms with Crippen LogP contribution in [-0.4, -0.2) is 27.6 Å². The first-order chi connectivity index (χ1) is 16.4. The van der Waals surface area contributed by atoms with Crippen LogP contribution in [0.2, 0.25) is 5.02 Å². The maximum absolute atomic E-state index is 13.0. The second-order valence-corrected chi connectivity index (χ2v) is 8.28. The minimum Gasteiger partial charge on any atom is -0.478 e. The van der Waals surface area contributed by atoms with Crippen molar-refractivity contribution < 1.29 is 19.5 Å². The van der Waals surface area contributed by atoms with Gasteiger partial charge in [-0.05, 0) is 54.1 Å². The van der Waals surface area contributed by atoms with Crippen LogP contribution in [0.15, 0.2) is 84.7 Å². The Hall–Kier alpha value is -4.36. The van der Waals surface area contributed by atoms with Crippen molar-refractivity contribution in [2.75, 3.05) is 4.90 Å². The number of nitrogens with zero attached hydrogens (tertiary/aromatic N) is 2. The minimum atomic E-state index is -0.981. The second kappa shape index (κ2) is 8.53. The van der Waals surface area contributed by atoms with Crippen molar-refractivity contribution in [2.24, 2.45) is 0 Å². The summed E-state index contributed by atoms with van der Waals surface area (Å²) in [6.07, 6.45) is 3.54. The summed E-state index contributed by atoms with van der Waals surface area (Å²) in [7, 11) is 0. The molecule has 168 valence electrons. The fourth-order valence-electron chi connectivity index (χ4n) is 4.04. The van der Waals surface area contributed by atoms with E-state index in [1.807, 2.05) is 41.1 Å². The molecule has 0 bridgehead atoms. The maximum Gasteiger partial charge on any atom is 0.335 e. The molecule has 4 aromatic rings. The predicted octanol–water partition coefficient (Wildman–Crippen LogP) is 5.14. The van der Waals surface area contributed by atoms with Crippen molar-refractivity contribution in [3.05, 3.63) is 106 Å². The van der Waals surface area contributed by atoms with Crippen molar-refractivity contribution in [3.8, 4) is 0 Å². The van der Waals surface area contributed by atoms with Crippen LogP contribution in [0.3, 0.4) is 0 Å². The zero-order chi connectivity index (χ0) is 23.8. The number of nitrogens with one attached hydrogen (secondary N) is 1. The second-order valence-electron chi connectivity index (χ2n) is 7.84. The molecule has 3 amide bonds. The van der Waals surface area contributed by atoms with Gasteiger partial charge in [-0.15, -0.1) is 0 Å². The number of carboxylic acids is 1. The van der Waals surface area contributed by atoms with Crippen LogP contribution in [-0.2, 0) is 11.3 Å². The summed E-state index contributed by atoms with van der Waals surface area (Å²) >= 11 is 5.92. The molecule has 0 aliphatic carbocycles. The average molecular weight is 472 g/mol. The third kappa shape index (κ3) is 3.93. The van der Waals surface area contributed by atoms with Gasteiger partial charge in [-0.3, -0.25) is 4.79 Å². The maximum atomic E-state index is 13.0. The number of para-hydroxylation sites is 1. The lowest BCUT2D eigenvalue weighted by atomic mass is 10.1. The summed E-state index contributed by atoms with van der Waals surface area (Å²) in [6, 6.07) is 20.4. The van der Waals surface area contributed by atoms with E-state index in [9.17, 15) is 19.5 Å². The van der Waals surface area contributed by atoms with Gasteiger partial charge >= 0.3 is 12.0 Å². The van der Waals surface area contributed by atoms with Gasteiger partial charge in [0.2, 0.25) is 0 Å². The van der Waals surface area contributed by atoms with Crippen molar-refractivity contribution in [2.45, 2.75) is 6.54 Å². The number of fused-ring (bicyclic) bond motifs is 1. The number of aromatic carboxylic acids is 1. The van der Waals surface area contributed by atoms with Gasteiger partial charge in [-0.1, -0.05) is 41.9 Å². The molecule has 3 aromatic carbocycles. The smallest absolute Gasteiger partial charge is 0.335 e. The number of aromatic nitrogens is 1. The zero-order valence-electron chi connectivity index (χ0n) is 17.7. The molecule has 8 heteroatoms. The fourth-order valence-corrected chi connectivity index (χ4v) is 4.16. The number of rotatable bonds is 5. The van der Waals surface area contributed by atoms with Crippen LogP contribution >= 0.6 is 11.6 Å². The van der Waals surface area contributed by atoms with E-state index < -0.39 is 17.9 Å². The third-order valence-corrected chi connectivity index (χ3v) is 5.86. The Kier molecular flexibility index (Phi) is 5.39. The van der Waals surface area contributed by atoms with Gasteiger partial charge in [0.1, 0.15) is 5.70 Å². The molecule has 1 fully saturated rings. The highest BCUT2D eigenvalue weighted by Gasteiger charge is 2.35. The highest BCUT2D eigenvalue weighted by molar-refractivity contribution is 6.31. The van der Waals surface area contributed by atoms with E-state index in [1.54, 1.807) is 48.5 Å².